The summed E-state index contributed by atoms with van der Waals surface area (Å²) in [6.07, 6.45) is 0.224. The van der Waals surface area contributed by atoms with Crippen LogP contribution in [0.2, 0.25) is 0 Å². The van der Waals surface area contributed by atoms with Gasteiger partial charge in [-0.15, -0.1) is 0 Å². The number of carbonyl (C=O) groups is 1. The maximum Gasteiger partial charge on any atom is 0.304 e. The lowest BCUT2D eigenvalue weighted by molar-refractivity contribution is -0.138. The van der Waals surface area contributed by atoms with Gasteiger partial charge in [-0.2, -0.15) is 11.8 Å². The van der Waals surface area contributed by atoms with Crippen LogP contribution in [0.1, 0.15) is 24.9 Å². The van der Waals surface area contributed by atoms with Gasteiger partial charge in [0.2, 0.25) is 0 Å². The molecule has 1 aliphatic heterocycles. The van der Waals surface area contributed by atoms with Gasteiger partial charge in [-0.3, -0.25) is 9.69 Å². The molecular weight excluding hydrogens is 326 g/mol. The lowest BCUT2D eigenvalue weighted by atomic mass is 10.0. The molecule has 1 heterocycles. The zero-order chi connectivity index (χ0) is 13.8. The molecule has 1 aromatic carbocycles. The molecule has 1 fully saturated rings. The predicted octanol–water partition coefficient (Wildman–Crippen LogP) is 3.40. The number of hydrogen-bond donors (Lipinski definition) is 1. The van der Waals surface area contributed by atoms with Gasteiger partial charge in [0.1, 0.15) is 0 Å². The summed E-state index contributed by atoms with van der Waals surface area (Å²) in [6, 6.07) is 8.53. The minimum absolute atomic E-state index is 0.123. The number of rotatable bonds is 4. The number of hydrogen-bond acceptors (Lipinski definition) is 3. The van der Waals surface area contributed by atoms with E-state index in [-0.39, 0.29) is 18.5 Å². The molecule has 3 nitrogen and oxygen atoms in total. The highest BCUT2D eigenvalue weighted by Gasteiger charge is 2.29. The number of halogens is 1. The maximum atomic E-state index is 11.0. The maximum absolute atomic E-state index is 11.0. The zero-order valence-corrected chi connectivity index (χ0v) is 13.3. The summed E-state index contributed by atoms with van der Waals surface area (Å²) >= 11 is 5.43. The minimum atomic E-state index is -0.711. The van der Waals surface area contributed by atoms with Crippen LogP contribution in [0.25, 0.3) is 0 Å². The van der Waals surface area contributed by atoms with Crippen molar-refractivity contribution in [2.24, 2.45) is 0 Å². The van der Waals surface area contributed by atoms with E-state index in [0.29, 0.717) is 0 Å². The Morgan fingerprint density at radius 2 is 2.32 bits per heavy atom. The van der Waals surface area contributed by atoms with E-state index in [1.807, 2.05) is 30.0 Å². The highest BCUT2D eigenvalue weighted by atomic mass is 79.9. The van der Waals surface area contributed by atoms with Crippen molar-refractivity contribution in [1.82, 2.24) is 4.90 Å². The first-order valence-electron chi connectivity index (χ1n) is 6.39. The monoisotopic (exact) mass is 343 g/mol. The van der Waals surface area contributed by atoms with Crippen LogP contribution in [0.15, 0.2) is 28.7 Å². The Balaban J connectivity index is 2.17. The van der Waals surface area contributed by atoms with Gasteiger partial charge in [-0.25, -0.2) is 0 Å². The fraction of sp³-hybridized carbons (Fsp3) is 0.500. The van der Waals surface area contributed by atoms with E-state index in [4.69, 9.17) is 5.11 Å². The molecule has 104 valence electrons. The first-order chi connectivity index (χ1) is 9.09. The third kappa shape index (κ3) is 3.74. The second kappa shape index (κ2) is 6.77. The lowest BCUT2D eigenvalue weighted by Crippen LogP contribution is -2.44. The minimum Gasteiger partial charge on any atom is -0.481 e. The molecular formula is C14H18BrNO2S. The van der Waals surface area contributed by atoms with Crippen molar-refractivity contribution < 1.29 is 9.90 Å². The SMILES string of the molecule is CC(c1ccccc1Br)N1CCSCC1CC(=O)O. The van der Waals surface area contributed by atoms with Crippen LogP contribution in [0, 0.1) is 0 Å². The number of aliphatic carboxylic acids is 1. The van der Waals surface area contributed by atoms with E-state index in [0.717, 1.165) is 22.5 Å². The standard InChI is InChI=1S/C14H18BrNO2S/c1-10(12-4-2-3-5-13(12)15)16-6-7-19-9-11(16)8-14(17)18/h2-5,10-11H,6-9H2,1H3,(H,17,18). The molecule has 2 unspecified atom stereocenters. The highest BCUT2D eigenvalue weighted by molar-refractivity contribution is 9.10. The molecule has 2 rings (SSSR count). The van der Waals surface area contributed by atoms with Crippen molar-refractivity contribution in [3.63, 3.8) is 0 Å². The van der Waals surface area contributed by atoms with Crippen molar-refractivity contribution in [2.45, 2.75) is 25.4 Å². The summed E-state index contributed by atoms with van der Waals surface area (Å²) in [7, 11) is 0. The van der Waals surface area contributed by atoms with E-state index in [2.05, 4.69) is 33.8 Å². The first-order valence-corrected chi connectivity index (χ1v) is 8.34. The van der Waals surface area contributed by atoms with Crippen molar-refractivity contribution in [1.29, 1.82) is 0 Å². The molecule has 5 heteroatoms. The number of carboxylic acid groups (broad SMARTS) is 1. The van der Waals surface area contributed by atoms with E-state index in [1.54, 1.807) is 0 Å². The van der Waals surface area contributed by atoms with Crippen LogP contribution < -0.4 is 0 Å². The van der Waals surface area contributed by atoms with Crippen LogP contribution in [0.3, 0.4) is 0 Å². The number of carboxylic acids is 1. The Labute approximate surface area is 126 Å². The smallest absolute Gasteiger partial charge is 0.304 e. The molecule has 1 N–H and O–H groups in total. The number of thioether (sulfide) groups is 1. The lowest BCUT2D eigenvalue weighted by Gasteiger charge is -2.39. The van der Waals surface area contributed by atoms with Gasteiger partial charge in [-0.1, -0.05) is 34.1 Å². The summed E-state index contributed by atoms with van der Waals surface area (Å²) in [6.45, 7) is 3.11. The first kappa shape index (κ1) is 14.9. The van der Waals surface area contributed by atoms with Gasteiger partial charge < -0.3 is 5.11 Å². The third-order valence-corrected chi connectivity index (χ3v) is 5.35. The molecule has 1 aliphatic rings. The van der Waals surface area contributed by atoms with E-state index >= 15 is 0 Å². The van der Waals surface area contributed by atoms with Crippen molar-refractivity contribution in [3.05, 3.63) is 34.3 Å². The van der Waals surface area contributed by atoms with Gasteiger partial charge in [0, 0.05) is 34.6 Å². The largest absolute Gasteiger partial charge is 0.481 e. The fourth-order valence-corrected chi connectivity index (χ4v) is 4.25. The second-order valence-corrected chi connectivity index (χ2v) is 6.77. The summed E-state index contributed by atoms with van der Waals surface area (Å²) in [5, 5.41) is 9.05. The molecule has 0 aliphatic carbocycles. The van der Waals surface area contributed by atoms with Gasteiger partial charge in [0.25, 0.3) is 0 Å². The Morgan fingerprint density at radius 3 is 3.00 bits per heavy atom. The molecule has 0 saturated carbocycles. The highest BCUT2D eigenvalue weighted by Crippen LogP contribution is 2.32. The Kier molecular flexibility index (Phi) is 5.30. The van der Waals surface area contributed by atoms with E-state index < -0.39 is 5.97 Å². The summed E-state index contributed by atoms with van der Waals surface area (Å²) in [5.74, 6) is 1.27. The van der Waals surface area contributed by atoms with Crippen LogP contribution in [0.4, 0.5) is 0 Å². The quantitative estimate of drug-likeness (QED) is 0.909. The third-order valence-electron chi connectivity index (χ3n) is 3.54. The zero-order valence-electron chi connectivity index (χ0n) is 10.9. The average molecular weight is 344 g/mol. The normalized spacial score (nSPS) is 22.1. The molecule has 0 bridgehead atoms. The average Bonchev–Trinajstić information content (AvgIpc) is 2.38. The van der Waals surface area contributed by atoms with Gasteiger partial charge >= 0.3 is 5.97 Å². The molecule has 0 amide bonds. The van der Waals surface area contributed by atoms with E-state index in [1.165, 1.54) is 5.56 Å². The van der Waals surface area contributed by atoms with E-state index in [9.17, 15) is 4.79 Å². The number of nitrogens with zero attached hydrogens (tertiary/aromatic N) is 1. The molecule has 0 spiro atoms. The summed E-state index contributed by atoms with van der Waals surface area (Å²) in [4.78, 5) is 13.3. The summed E-state index contributed by atoms with van der Waals surface area (Å²) in [5.41, 5.74) is 1.23. The van der Waals surface area contributed by atoms with Crippen molar-refractivity contribution in [3.8, 4) is 0 Å². The molecule has 1 aromatic rings. The van der Waals surface area contributed by atoms with Crippen molar-refractivity contribution >= 4 is 33.7 Å². The predicted molar refractivity (Wildman–Crippen MR) is 82.6 cm³/mol. The molecule has 0 radical (unpaired) electrons. The van der Waals surface area contributed by atoms with Crippen molar-refractivity contribution in [2.75, 3.05) is 18.1 Å². The van der Waals surface area contributed by atoms with Crippen LogP contribution in [-0.2, 0) is 4.79 Å². The molecule has 1 saturated heterocycles. The Morgan fingerprint density at radius 1 is 1.58 bits per heavy atom. The van der Waals surface area contributed by atoms with Gasteiger partial charge in [-0.05, 0) is 18.6 Å². The molecule has 0 aromatic heterocycles. The van der Waals surface area contributed by atoms with Crippen LogP contribution in [-0.4, -0.2) is 40.1 Å². The molecule has 19 heavy (non-hydrogen) atoms. The van der Waals surface area contributed by atoms with Gasteiger partial charge in [0.15, 0.2) is 0 Å². The Bertz CT molecular complexity index is 455. The molecule has 2 atom stereocenters. The second-order valence-electron chi connectivity index (χ2n) is 4.76. The van der Waals surface area contributed by atoms with Crippen LogP contribution in [0.5, 0.6) is 0 Å². The number of benzene rings is 1. The summed E-state index contributed by atoms with van der Waals surface area (Å²) < 4.78 is 1.09. The topological polar surface area (TPSA) is 40.5 Å². The fourth-order valence-electron chi connectivity index (χ4n) is 2.55. The Hall–Kier alpha value is -0.520. The van der Waals surface area contributed by atoms with Gasteiger partial charge in [0.05, 0.1) is 6.42 Å². The van der Waals surface area contributed by atoms with Crippen LogP contribution >= 0.6 is 27.7 Å².